The summed E-state index contributed by atoms with van der Waals surface area (Å²) in [6.07, 6.45) is 1.92. The van der Waals surface area contributed by atoms with Crippen molar-refractivity contribution in [2.45, 2.75) is 0 Å². The molecule has 0 amide bonds. The average molecular weight is 177 g/mol. The van der Waals surface area contributed by atoms with Crippen LogP contribution in [0.3, 0.4) is 0 Å². The van der Waals surface area contributed by atoms with Gasteiger partial charge in [-0.2, -0.15) is 0 Å². The number of ether oxygens (including phenoxy) is 1. The molecule has 1 heterocycles. The molecular weight excluding hydrogens is 166 g/mol. The summed E-state index contributed by atoms with van der Waals surface area (Å²) in [7, 11) is 1.67. The molecule has 0 atom stereocenters. The molecule has 0 aliphatic heterocycles. The van der Waals surface area contributed by atoms with E-state index in [4.69, 9.17) is 9.53 Å². The van der Waals surface area contributed by atoms with Gasteiger partial charge in [0.1, 0.15) is 12.5 Å². The number of hydrogen-bond donors (Lipinski definition) is 1. The van der Waals surface area contributed by atoms with Gasteiger partial charge in [-0.15, -0.1) is 0 Å². The Morgan fingerprint density at radius 1 is 1.31 bits per heavy atom. The van der Waals surface area contributed by atoms with Crippen molar-refractivity contribution in [1.29, 1.82) is 0 Å². The summed E-state index contributed by atoms with van der Waals surface area (Å²) in [6, 6.07) is 7.98. The van der Waals surface area contributed by atoms with E-state index in [0.29, 0.717) is 0 Å². The van der Waals surface area contributed by atoms with E-state index in [1.54, 1.807) is 7.11 Å². The van der Waals surface area contributed by atoms with Crippen LogP contribution in [0.25, 0.3) is 10.9 Å². The van der Waals surface area contributed by atoms with Crippen LogP contribution in [-0.4, -0.2) is 18.9 Å². The van der Waals surface area contributed by atoms with Gasteiger partial charge >= 0.3 is 0 Å². The largest absolute Gasteiger partial charge is 0.497 e. The molecule has 0 saturated carbocycles. The summed E-state index contributed by atoms with van der Waals surface area (Å²) in [4.78, 5) is 11.1. The zero-order valence-corrected chi connectivity index (χ0v) is 7.41. The summed E-state index contributed by atoms with van der Waals surface area (Å²) in [6.45, 7) is 2.00. The molecule has 68 valence electrons. The number of aromatic nitrogens is 1. The molecule has 0 saturated heterocycles. The average Bonchev–Trinajstić information content (AvgIpc) is 2.67. The van der Waals surface area contributed by atoms with Crippen LogP contribution >= 0.6 is 0 Å². The molecule has 3 nitrogen and oxygen atoms in total. The Balaban J connectivity index is 0.000000396. The van der Waals surface area contributed by atoms with E-state index < -0.39 is 0 Å². The number of carbonyl (C=O) groups is 1. The Bertz CT molecular complexity index is 381. The van der Waals surface area contributed by atoms with Crippen LogP contribution in [0.1, 0.15) is 0 Å². The van der Waals surface area contributed by atoms with Crippen LogP contribution in [0.5, 0.6) is 5.75 Å². The molecule has 0 aliphatic carbocycles. The van der Waals surface area contributed by atoms with Gasteiger partial charge in [0.2, 0.25) is 0 Å². The van der Waals surface area contributed by atoms with Crippen LogP contribution in [0.15, 0.2) is 30.5 Å². The van der Waals surface area contributed by atoms with Gasteiger partial charge in [0.05, 0.1) is 7.11 Å². The lowest BCUT2D eigenvalue weighted by Crippen LogP contribution is -1.80. The fourth-order valence-corrected chi connectivity index (χ4v) is 1.16. The number of rotatable bonds is 1. The number of carbonyl (C=O) groups excluding carboxylic acids is 1. The van der Waals surface area contributed by atoms with Crippen LogP contribution in [0.4, 0.5) is 0 Å². The Kier molecular flexibility index (Phi) is 3.09. The molecule has 0 radical (unpaired) electrons. The second-order valence-electron chi connectivity index (χ2n) is 2.43. The SMILES string of the molecule is C=O.COc1ccc2[nH]ccc2c1. The number of hydrogen-bond acceptors (Lipinski definition) is 2. The topological polar surface area (TPSA) is 42.1 Å². The van der Waals surface area contributed by atoms with Crippen molar-refractivity contribution in [3.8, 4) is 5.75 Å². The minimum absolute atomic E-state index is 0.900. The lowest BCUT2D eigenvalue weighted by molar-refractivity contribution is -0.0979. The predicted molar refractivity (Wildman–Crippen MR) is 52.0 cm³/mol. The molecule has 3 heteroatoms. The Morgan fingerprint density at radius 3 is 2.77 bits per heavy atom. The summed E-state index contributed by atoms with van der Waals surface area (Å²) >= 11 is 0. The van der Waals surface area contributed by atoms with Crippen molar-refractivity contribution in [2.75, 3.05) is 7.11 Å². The number of methoxy groups -OCH3 is 1. The highest BCUT2D eigenvalue weighted by molar-refractivity contribution is 5.80. The lowest BCUT2D eigenvalue weighted by Gasteiger charge is -1.97. The third-order valence-electron chi connectivity index (χ3n) is 1.76. The molecule has 1 N–H and O–H groups in total. The quantitative estimate of drug-likeness (QED) is 0.723. The van der Waals surface area contributed by atoms with Gasteiger partial charge in [0, 0.05) is 17.1 Å². The highest BCUT2D eigenvalue weighted by Gasteiger charge is 1.94. The first-order valence-electron chi connectivity index (χ1n) is 3.80. The molecule has 1 aromatic heterocycles. The van der Waals surface area contributed by atoms with Crippen molar-refractivity contribution >= 4 is 17.7 Å². The first-order valence-corrected chi connectivity index (χ1v) is 3.80. The second-order valence-corrected chi connectivity index (χ2v) is 2.43. The Labute approximate surface area is 76.3 Å². The van der Waals surface area contributed by atoms with E-state index in [1.807, 2.05) is 37.3 Å². The third kappa shape index (κ3) is 1.87. The van der Waals surface area contributed by atoms with E-state index >= 15 is 0 Å². The van der Waals surface area contributed by atoms with E-state index in [0.717, 1.165) is 11.3 Å². The van der Waals surface area contributed by atoms with Gasteiger partial charge in [-0.05, 0) is 24.3 Å². The first-order chi connectivity index (χ1) is 6.40. The highest BCUT2D eigenvalue weighted by atomic mass is 16.5. The van der Waals surface area contributed by atoms with Crippen molar-refractivity contribution in [2.24, 2.45) is 0 Å². The summed E-state index contributed by atoms with van der Waals surface area (Å²) < 4.78 is 5.08. The van der Waals surface area contributed by atoms with Crippen molar-refractivity contribution in [1.82, 2.24) is 4.98 Å². The van der Waals surface area contributed by atoms with Gasteiger partial charge in [-0.25, -0.2) is 0 Å². The van der Waals surface area contributed by atoms with Crippen LogP contribution < -0.4 is 4.74 Å². The van der Waals surface area contributed by atoms with Crippen LogP contribution in [0, 0.1) is 0 Å². The van der Waals surface area contributed by atoms with Gasteiger partial charge in [-0.3, -0.25) is 0 Å². The molecule has 13 heavy (non-hydrogen) atoms. The number of fused-ring (bicyclic) bond motifs is 1. The maximum atomic E-state index is 8.00. The number of benzene rings is 1. The maximum Gasteiger partial charge on any atom is 0.119 e. The molecule has 1 aromatic carbocycles. The van der Waals surface area contributed by atoms with Crippen molar-refractivity contribution in [3.63, 3.8) is 0 Å². The standard InChI is InChI=1S/C9H9NO.CH2O/c1-11-8-2-3-9-7(6-8)4-5-10-9;1-2/h2-6,10H,1H3;1H2. The van der Waals surface area contributed by atoms with Gasteiger partial charge in [0.25, 0.3) is 0 Å². The Hall–Kier alpha value is -1.77. The molecule has 0 spiro atoms. The zero-order chi connectivity index (χ0) is 9.68. The normalized spacial score (nSPS) is 9.00. The third-order valence-corrected chi connectivity index (χ3v) is 1.76. The van der Waals surface area contributed by atoms with Crippen molar-refractivity contribution < 1.29 is 9.53 Å². The molecule has 0 aliphatic rings. The maximum absolute atomic E-state index is 8.00. The van der Waals surface area contributed by atoms with E-state index in [-0.39, 0.29) is 0 Å². The number of nitrogens with one attached hydrogen (secondary N) is 1. The van der Waals surface area contributed by atoms with E-state index in [2.05, 4.69) is 4.98 Å². The van der Waals surface area contributed by atoms with Crippen LogP contribution in [-0.2, 0) is 4.79 Å². The number of aromatic amines is 1. The van der Waals surface area contributed by atoms with Gasteiger partial charge in [0.15, 0.2) is 0 Å². The van der Waals surface area contributed by atoms with Crippen molar-refractivity contribution in [3.05, 3.63) is 30.5 Å². The smallest absolute Gasteiger partial charge is 0.119 e. The highest BCUT2D eigenvalue weighted by Crippen LogP contribution is 2.18. The summed E-state index contributed by atoms with van der Waals surface area (Å²) in [5.74, 6) is 0.900. The molecular formula is C10H11NO2. The second kappa shape index (κ2) is 4.30. The molecule has 2 rings (SSSR count). The summed E-state index contributed by atoms with van der Waals surface area (Å²) in [5.41, 5.74) is 1.14. The molecule has 0 fully saturated rings. The Morgan fingerprint density at radius 2 is 2.08 bits per heavy atom. The monoisotopic (exact) mass is 177 g/mol. The minimum atomic E-state index is 0.900. The molecule has 0 bridgehead atoms. The molecule has 0 unspecified atom stereocenters. The van der Waals surface area contributed by atoms with E-state index in [1.165, 1.54) is 5.39 Å². The van der Waals surface area contributed by atoms with Crippen LogP contribution in [0.2, 0.25) is 0 Å². The lowest BCUT2D eigenvalue weighted by atomic mass is 10.2. The van der Waals surface area contributed by atoms with Gasteiger partial charge in [-0.1, -0.05) is 0 Å². The fraction of sp³-hybridized carbons (Fsp3) is 0.100. The van der Waals surface area contributed by atoms with Gasteiger partial charge < -0.3 is 14.5 Å². The first kappa shape index (κ1) is 9.32. The fourth-order valence-electron chi connectivity index (χ4n) is 1.16. The molecule has 2 aromatic rings. The summed E-state index contributed by atoms with van der Waals surface area (Å²) in [5, 5.41) is 1.18. The van der Waals surface area contributed by atoms with E-state index in [9.17, 15) is 0 Å². The minimum Gasteiger partial charge on any atom is -0.497 e. The predicted octanol–water partition coefficient (Wildman–Crippen LogP) is 1.99. The zero-order valence-electron chi connectivity index (χ0n) is 7.41. The number of H-pyrrole nitrogens is 1.